The Labute approximate surface area is 67.1 Å². The molecule has 0 rings (SSSR count). The zero-order valence-electron chi connectivity index (χ0n) is 5.45. The lowest BCUT2D eigenvalue weighted by molar-refractivity contribution is 0.610. The molecule has 3 nitrogen and oxygen atoms in total. The van der Waals surface area contributed by atoms with Crippen molar-refractivity contribution in [1.82, 2.24) is 0 Å². The number of thiol groups is 1. The summed E-state index contributed by atoms with van der Waals surface area (Å²) >= 11 is 4.32. The lowest BCUT2D eigenvalue weighted by atomic mass is 10.3. The second-order valence-corrected chi connectivity index (χ2v) is 3.03. The Morgan fingerprint density at radius 3 is 2.60 bits per heavy atom. The second kappa shape index (κ2) is 6.86. The summed E-state index contributed by atoms with van der Waals surface area (Å²) in [4.78, 5) is 3.64. The van der Waals surface area contributed by atoms with E-state index >= 15 is 0 Å². The Morgan fingerprint density at radius 2 is 2.10 bits per heavy atom. The topological polar surface area (TPSA) is 46.5 Å². The molecule has 0 fully saturated rings. The maximum absolute atomic E-state index is 10.0. The molecule has 0 amide bonds. The van der Waals surface area contributed by atoms with Crippen LogP contribution in [0.1, 0.15) is 12.8 Å². The van der Waals surface area contributed by atoms with E-state index in [0.29, 0.717) is 13.0 Å². The van der Waals surface area contributed by atoms with Gasteiger partial charge in [0, 0.05) is 12.3 Å². The highest BCUT2D eigenvalue weighted by atomic mass is 32.2. The number of aliphatic imine (C=N–C) groups is 1. The monoisotopic (exact) mass is 179 g/mol. The van der Waals surface area contributed by atoms with Gasteiger partial charge in [0.2, 0.25) is 0 Å². The molecule has 10 heavy (non-hydrogen) atoms. The fraction of sp³-hybridized carbons (Fsp3) is 0.800. The average Bonchev–Trinajstić information content (AvgIpc) is 1.87. The van der Waals surface area contributed by atoms with Crippen molar-refractivity contribution in [2.75, 3.05) is 12.3 Å². The second-order valence-electron chi connectivity index (χ2n) is 1.74. The molecule has 0 aromatic carbocycles. The smallest absolute Gasteiger partial charge is 0.140 e. The maximum atomic E-state index is 10.0. The van der Waals surface area contributed by atoms with Gasteiger partial charge in [0.15, 0.2) is 0 Å². The van der Waals surface area contributed by atoms with Crippen molar-refractivity contribution in [2.45, 2.75) is 12.8 Å². The van der Waals surface area contributed by atoms with Crippen molar-refractivity contribution in [3.63, 3.8) is 0 Å². The standard InChI is InChI=1S/C5H9NO2S2/c7-10(8)4-2-1-3-6-5-9/h10H,1-4H2. The lowest BCUT2D eigenvalue weighted by Gasteiger charge is -1.87. The van der Waals surface area contributed by atoms with E-state index in [1.807, 2.05) is 0 Å². The number of isothiocyanates is 1. The first-order valence-corrected chi connectivity index (χ1v) is 4.70. The quantitative estimate of drug-likeness (QED) is 0.289. The summed E-state index contributed by atoms with van der Waals surface area (Å²) in [6, 6.07) is 0. The van der Waals surface area contributed by atoms with E-state index in [1.165, 1.54) is 0 Å². The molecular formula is C5H9NO2S2. The Balaban J connectivity index is 3.13. The van der Waals surface area contributed by atoms with Crippen molar-refractivity contribution in [3.8, 4) is 0 Å². The molecule has 0 bridgehead atoms. The third-order valence-corrected chi connectivity index (χ3v) is 1.74. The highest BCUT2D eigenvalue weighted by molar-refractivity contribution is 7.78. The van der Waals surface area contributed by atoms with Crippen LogP contribution in [0.2, 0.25) is 0 Å². The number of hydrogen-bond acceptors (Lipinski definition) is 4. The van der Waals surface area contributed by atoms with Crippen LogP contribution in [-0.4, -0.2) is 25.9 Å². The minimum Gasteiger partial charge on any atom is -0.233 e. The highest BCUT2D eigenvalue weighted by Crippen LogP contribution is 1.88. The Kier molecular flexibility index (Phi) is 6.69. The first kappa shape index (κ1) is 9.75. The largest absolute Gasteiger partial charge is 0.233 e. The Morgan fingerprint density at radius 1 is 1.40 bits per heavy atom. The summed E-state index contributed by atoms with van der Waals surface area (Å²) in [6.45, 7) is 0.590. The fourth-order valence-electron chi connectivity index (χ4n) is 0.477. The van der Waals surface area contributed by atoms with Crippen LogP contribution >= 0.6 is 12.2 Å². The third-order valence-electron chi connectivity index (χ3n) is 0.925. The van der Waals surface area contributed by atoms with Gasteiger partial charge in [-0.15, -0.1) is 0 Å². The van der Waals surface area contributed by atoms with E-state index in [9.17, 15) is 8.42 Å². The molecule has 0 heterocycles. The Bertz CT molecular complexity index is 186. The number of rotatable bonds is 5. The molecule has 0 aliphatic carbocycles. The van der Waals surface area contributed by atoms with Gasteiger partial charge in [0.1, 0.15) is 10.7 Å². The van der Waals surface area contributed by atoms with Gasteiger partial charge in [-0.3, -0.25) is 0 Å². The van der Waals surface area contributed by atoms with Gasteiger partial charge in [-0.05, 0) is 25.1 Å². The molecule has 0 saturated heterocycles. The van der Waals surface area contributed by atoms with Crippen LogP contribution < -0.4 is 0 Å². The molecular weight excluding hydrogens is 170 g/mol. The van der Waals surface area contributed by atoms with Crippen molar-refractivity contribution in [1.29, 1.82) is 0 Å². The van der Waals surface area contributed by atoms with Gasteiger partial charge < -0.3 is 0 Å². The average molecular weight is 179 g/mol. The Hall–Kier alpha value is -0.250. The predicted molar refractivity (Wildman–Crippen MR) is 44.3 cm³/mol. The minimum atomic E-state index is -2.21. The maximum Gasteiger partial charge on any atom is 0.140 e. The van der Waals surface area contributed by atoms with E-state index in [-0.39, 0.29) is 5.75 Å². The first-order valence-electron chi connectivity index (χ1n) is 2.93. The molecule has 0 aromatic rings. The van der Waals surface area contributed by atoms with E-state index in [2.05, 4.69) is 22.4 Å². The fourth-order valence-corrected chi connectivity index (χ4v) is 1.05. The van der Waals surface area contributed by atoms with Crippen molar-refractivity contribution < 1.29 is 8.42 Å². The summed E-state index contributed by atoms with van der Waals surface area (Å²) in [5.74, 6) is 0.252. The molecule has 0 saturated carbocycles. The van der Waals surface area contributed by atoms with Gasteiger partial charge in [-0.1, -0.05) is 0 Å². The van der Waals surface area contributed by atoms with Gasteiger partial charge in [-0.25, -0.2) is 13.4 Å². The molecule has 0 atom stereocenters. The zero-order valence-corrected chi connectivity index (χ0v) is 7.16. The van der Waals surface area contributed by atoms with E-state index in [1.54, 1.807) is 0 Å². The molecule has 0 aliphatic heterocycles. The molecule has 0 unspecified atom stereocenters. The van der Waals surface area contributed by atoms with Gasteiger partial charge in [0.25, 0.3) is 0 Å². The van der Waals surface area contributed by atoms with Crippen LogP contribution in [0.5, 0.6) is 0 Å². The summed E-state index contributed by atoms with van der Waals surface area (Å²) in [7, 11) is -2.21. The van der Waals surface area contributed by atoms with Crippen LogP contribution in [0.25, 0.3) is 0 Å². The minimum absolute atomic E-state index is 0.252. The summed E-state index contributed by atoms with van der Waals surface area (Å²) in [6.07, 6.45) is 1.44. The molecule has 0 aliphatic rings. The summed E-state index contributed by atoms with van der Waals surface area (Å²) in [5, 5.41) is 2.21. The van der Waals surface area contributed by atoms with Crippen LogP contribution in [0.3, 0.4) is 0 Å². The van der Waals surface area contributed by atoms with E-state index in [0.717, 1.165) is 6.42 Å². The van der Waals surface area contributed by atoms with Crippen molar-refractivity contribution in [2.24, 2.45) is 4.99 Å². The number of hydrogen-bond donors (Lipinski definition) is 1. The SMILES string of the molecule is O=[SH](=O)CCCCN=C=S. The predicted octanol–water partition coefficient (Wildman–Crippen LogP) is 0.481. The first-order chi connectivity index (χ1) is 4.77. The molecule has 5 heteroatoms. The molecule has 0 radical (unpaired) electrons. The van der Waals surface area contributed by atoms with Gasteiger partial charge >= 0.3 is 0 Å². The summed E-state index contributed by atoms with van der Waals surface area (Å²) < 4.78 is 20.0. The third kappa shape index (κ3) is 7.75. The van der Waals surface area contributed by atoms with Crippen LogP contribution in [0.15, 0.2) is 4.99 Å². The molecule has 0 aromatic heterocycles. The molecule has 0 N–H and O–H groups in total. The van der Waals surface area contributed by atoms with Crippen LogP contribution in [-0.2, 0) is 10.7 Å². The number of thiocarbonyl (C=S) groups is 1. The number of nitrogens with zero attached hydrogens (tertiary/aromatic N) is 1. The van der Waals surface area contributed by atoms with E-state index in [4.69, 9.17) is 0 Å². The van der Waals surface area contributed by atoms with Crippen LogP contribution in [0, 0.1) is 0 Å². The molecule has 58 valence electrons. The zero-order chi connectivity index (χ0) is 7.82. The molecule has 0 spiro atoms. The lowest BCUT2D eigenvalue weighted by Crippen LogP contribution is -1.89. The van der Waals surface area contributed by atoms with Gasteiger partial charge in [0.05, 0.1) is 5.16 Å². The highest BCUT2D eigenvalue weighted by Gasteiger charge is 1.87. The van der Waals surface area contributed by atoms with Crippen molar-refractivity contribution in [3.05, 3.63) is 0 Å². The van der Waals surface area contributed by atoms with Crippen molar-refractivity contribution >= 4 is 28.1 Å². The summed E-state index contributed by atoms with van der Waals surface area (Å²) in [5.41, 5.74) is 0. The van der Waals surface area contributed by atoms with Gasteiger partial charge in [-0.2, -0.15) is 0 Å². The normalized spacial score (nSPS) is 9.30. The number of unbranched alkanes of at least 4 members (excludes halogenated alkanes) is 1. The van der Waals surface area contributed by atoms with E-state index < -0.39 is 10.7 Å². The van der Waals surface area contributed by atoms with Crippen LogP contribution in [0.4, 0.5) is 0 Å².